The van der Waals surface area contributed by atoms with Crippen LogP contribution in [-0.4, -0.2) is 53.6 Å². The first-order chi connectivity index (χ1) is 17.1. The van der Waals surface area contributed by atoms with Crippen LogP contribution in [0, 0.1) is 0 Å². The van der Waals surface area contributed by atoms with Gasteiger partial charge in [0, 0.05) is 29.7 Å². The second-order valence-corrected chi connectivity index (χ2v) is 8.76. The number of aromatic hydroxyl groups is 1. The van der Waals surface area contributed by atoms with Crippen LogP contribution in [0.2, 0.25) is 0 Å². The minimum atomic E-state index is 0.270. The number of nitrogens with one attached hydrogen (secondary N) is 1. The molecule has 0 amide bonds. The molecule has 0 aliphatic heterocycles. The number of hydrogen-bond donors (Lipinski definition) is 2. The summed E-state index contributed by atoms with van der Waals surface area (Å²) in [6.45, 7) is 7.85. The zero-order chi connectivity index (χ0) is 24.4. The number of aromatic amines is 1. The molecule has 1 aliphatic carbocycles. The Morgan fingerprint density at radius 3 is 2.23 bits per heavy atom. The van der Waals surface area contributed by atoms with Crippen LogP contribution in [0.1, 0.15) is 25.0 Å². The van der Waals surface area contributed by atoms with E-state index in [9.17, 15) is 5.11 Å². The Bertz CT molecular complexity index is 1310. The molecule has 0 fully saturated rings. The number of aromatic nitrogens is 2. The summed E-state index contributed by atoms with van der Waals surface area (Å²) < 4.78 is 11.8. The molecular weight excluding hydrogens is 438 g/mol. The number of nitrogens with zero attached hydrogens (tertiary/aromatic N) is 2. The van der Waals surface area contributed by atoms with E-state index in [-0.39, 0.29) is 5.75 Å². The van der Waals surface area contributed by atoms with Crippen molar-refractivity contribution in [3.05, 3.63) is 71.8 Å². The van der Waals surface area contributed by atoms with Gasteiger partial charge in [0.25, 0.3) is 0 Å². The van der Waals surface area contributed by atoms with E-state index in [0.29, 0.717) is 6.61 Å². The Kier molecular flexibility index (Phi) is 6.47. The van der Waals surface area contributed by atoms with Crippen molar-refractivity contribution in [2.75, 3.05) is 33.4 Å². The Morgan fingerprint density at radius 2 is 1.57 bits per heavy atom. The van der Waals surface area contributed by atoms with Gasteiger partial charge in [-0.05, 0) is 54.0 Å². The lowest BCUT2D eigenvalue weighted by Gasteiger charge is -2.19. The van der Waals surface area contributed by atoms with Crippen molar-refractivity contribution in [3.63, 3.8) is 0 Å². The minimum absolute atomic E-state index is 0.270. The summed E-state index contributed by atoms with van der Waals surface area (Å²) in [5.74, 6) is 1.80. The van der Waals surface area contributed by atoms with Gasteiger partial charge in [0.05, 0.1) is 18.5 Å². The molecule has 0 bridgehead atoms. The minimum Gasteiger partial charge on any atom is -0.508 e. The van der Waals surface area contributed by atoms with Gasteiger partial charge in [-0.25, -0.2) is 0 Å². The van der Waals surface area contributed by atoms with Crippen LogP contribution >= 0.6 is 0 Å². The molecule has 6 heteroatoms. The highest BCUT2D eigenvalue weighted by Gasteiger charge is 2.27. The third-order valence-electron chi connectivity index (χ3n) is 6.81. The summed E-state index contributed by atoms with van der Waals surface area (Å²) in [5.41, 5.74) is 8.78. The molecule has 1 aliphatic rings. The van der Waals surface area contributed by atoms with E-state index in [1.807, 2.05) is 12.1 Å². The number of hydrogen-bond acceptors (Lipinski definition) is 5. The molecule has 35 heavy (non-hydrogen) atoms. The molecule has 6 nitrogen and oxygen atoms in total. The van der Waals surface area contributed by atoms with E-state index >= 15 is 0 Å². The number of phenolic OH excluding ortho intramolecular Hbond substituents is 1. The van der Waals surface area contributed by atoms with Crippen molar-refractivity contribution >= 4 is 0 Å². The van der Waals surface area contributed by atoms with Crippen LogP contribution in [0.25, 0.3) is 33.6 Å². The molecule has 1 heterocycles. The van der Waals surface area contributed by atoms with E-state index in [1.54, 1.807) is 19.2 Å². The van der Waals surface area contributed by atoms with E-state index in [0.717, 1.165) is 71.2 Å². The molecule has 3 aromatic carbocycles. The molecule has 0 atom stereocenters. The van der Waals surface area contributed by atoms with Gasteiger partial charge in [0.2, 0.25) is 0 Å². The summed E-state index contributed by atoms with van der Waals surface area (Å²) in [6.07, 6.45) is 0.798. The number of rotatable bonds is 9. The molecule has 0 saturated heterocycles. The van der Waals surface area contributed by atoms with Crippen molar-refractivity contribution in [2.24, 2.45) is 0 Å². The lowest BCUT2D eigenvalue weighted by molar-refractivity contribution is 0.217. The third-order valence-corrected chi connectivity index (χ3v) is 6.81. The van der Waals surface area contributed by atoms with E-state index in [1.165, 1.54) is 11.1 Å². The number of ether oxygens (including phenoxy) is 2. The molecule has 0 radical (unpaired) electrons. The highest BCUT2D eigenvalue weighted by atomic mass is 16.5. The number of fused-ring (bicyclic) bond motifs is 3. The molecule has 1 aromatic heterocycles. The van der Waals surface area contributed by atoms with Crippen molar-refractivity contribution < 1.29 is 14.6 Å². The summed E-state index contributed by atoms with van der Waals surface area (Å²) >= 11 is 0. The molecule has 180 valence electrons. The summed E-state index contributed by atoms with van der Waals surface area (Å²) in [4.78, 5) is 2.34. The van der Waals surface area contributed by atoms with Gasteiger partial charge in [-0.1, -0.05) is 50.2 Å². The molecule has 0 unspecified atom stereocenters. The second-order valence-electron chi connectivity index (χ2n) is 8.76. The molecule has 5 rings (SSSR count). The summed E-state index contributed by atoms with van der Waals surface area (Å²) in [5, 5.41) is 17.5. The average molecular weight is 470 g/mol. The first-order valence-corrected chi connectivity index (χ1v) is 12.1. The van der Waals surface area contributed by atoms with Crippen LogP contribution in [-0.2, 0) is 6.42 Å². The Morgan fingerprint density at radius 1 is 0.914 bits per heavy atom. The number of benzene rings is 3. The lowest BCUT2D eigenvalue weighted by atomic mass is 10.0. The molecule has 0 spiro atoms. The summed E-state index contributed by atoms with van der Waals surface area (Å²) in [6, 6.07) is 19.8. The number of methoxy groups -OCH3 is 1. The standard InChI is InChI=1S/C29H31N3O3/c1-4-32(5-2)14-15-35-27-18-24-22(17-26(27)34-3)16-25-28(30-31-29(24)25)21-8-6-19(7-9-21)20-10-12-23(33)13-11-20/h6-13,17-18,33H,4-5,14-16H2,1-3H3,(H,30,31). The molecule has 2 N–H and O–H groups in total. The van der Waals surface area contributed by atoms with E-state index < -0.39 is 0 Å². The van der Waals surface area contributed by atoms with Gasteiger partial charge in [-0.15, -0.1) is 0 Å². The lowest BCUT2D eigenvalue weighted by Crippen LogP contribution is -2.27. The maximum atomic E-state index is 9.54. The van der Waals surface area contributed by atoms with Crippen molar-refractivity contribution in [2.45, 2.75) is 20.3 Å². The fourth-order valence-electron chi connectivity index (χ4n) is 4.74. The number of likely N-dealkylation sites (N-methyl/N-ethyl adjacent to an activating group) is 1. The van der Waals surface area contributed by atoms with Gasteiger partial charge in [-0.2, -0.15) is 5.10 Å². The van der Waals surface area contributed by atoms with Crippen LogP contribution in [0.4, 0.5) is 0 Å². The quantitative estimate of drug-likeness (QED) is 0.288. The smallest absolute Gasteiger partial charge is 0.161 e. The Hall–Kier alpha value is -3.77. The number of H-pyrrole nitrogens is 1. The predicted octanol–water partition coefficient (Wildman–Crippen LogP) is 5.75. The molecule has 0 saturated carbocycles. The zero-order valence-corrected chi connectivity index (χ0v) is 20.5. The van der Waals surface area contributed by atoms with Gasteiger partial charge >= 0.3 is 0 Å². The third kappa shape index (κ3) is 4.49. The SMILES string of the molecule is CCN(CC)CCOc1cc2c(cc1OC)Cc1c(-c3ccc(-c4ccc(O)cc4)cc3)n[nH]c1-2. The monoisotopic (exact) mass is 469 g/mol. The first-order valence-electron chi connectivity index (χ1n) is 12.1. The van der Waals surface area contributed by atoms with E-state index in [4.69, 9.17) is 9.47 Å². The Labute approximate surface area is 206 Å². The van der Waals surface area contributed by atoms with Crippen LogP contribution in [0.15, 0.2) is 60.7 Å². The van der Waals surface area contributed by atoms with Gasteiger partial charge in [0.15, 0.2) is 11.5 Å². The Balaban J connectivity index is 1.39. The topological polar surface area (TPSA) is 70.6 Å². The largest absolute Gasteiger partial charge is 0.508 e. The average Bonchev–Trinajstić information content (AvgIpc) is 3.46. The van der Waals surface area contributed by atoms with Gasteiger partial charge < -0.3 is 19.5 Å². The normalized spacial score (nSPS) is 12.0. The predicted molar refractivity (Wildman–Crippen MR) is 139 cm³/mol. The van der Waals surface area contributed by atoms with Crippen molar-refractivity contribution in [3.8, 4) is 50.9 Å². The second kappa shape index (κ2) is 9.84. The van der Waals surface area contributed by atoms with Crippen molar-refractivity contribution in [1.82, 2.24) is 15.1 Å². The van der Waals surface area contributed by atoms with E-state index in [2.05, 4.69) is 65.3 Å². The van der Waals surface area contributed by atoms with Crippen LogP contribution in [0.5, 0.6) is 17.2 Å². The van der Waals surface area contributed by atoms with Crippen LogP contribution in [0.3, 0.4) is 0 Å². The van der Waals surface area contributed by atoms with Gasteiger partial charge in [0.1, 0.15) is 12.4 Å². The number of phenols is 1. The van der Waals surface area contributed by atoms with Crippen molar-refractivity contribution in [1.29, 1.82) is 0 Å². The first kappa shape index (κ1) is 23.0. The molecular formula is C29H31N3O3. The molecule has 4 aromatic rings. The summed E-state index contributed by atoms with van der Waals surface area (Å²) in [7, 11) is 1.69. The maximum absolute atomic E-state index is 9.54. The van der Waals surface area contributed by atoms with Crippen LogP contribution < -0.4 is 9.47 Å². The fraction of sp³-hybridized carbons (Fsp3) is 0.276. The fourth-order valence-corrected chi connectivity index (χ4v) is 4.74. The highest BCUT2D eigenvalue weighted by Crippen LogP contribution is 2.44. The zero-order valence-electron chi connectivity index (χ0n) is 20.5. The highest BCUT2D eigenvalue weighted by molar-refractivity contribution is 5.83. The van der Waals surface area contributed by atoms with Gasteiger partial charge in [-0.3, -0.25) is 5.10 Å². The maximum Gasteiger partial charge on any atom is 0.161 e.